The minimum absolute atomic E-state index is 0.114. The number of hydrogen-bond acceptors (Lipinski definition) is 4. The summed E-state index contributed by atoms with van der Waals surface area (Å²) in [4.78, 5) is 17.0. The van der Waals surface area contributed by atoms with Crippen LogP contribution in [0.2, 0.25) is 0 Å². The van der Waals surface area contributed by atoms with Crippen LogP contribution in [-0.2, 0) is 11.2 Å². The van der Waals surface area contributed by atoms with Gasteiger partial charge in [0.05, 0.1) is 15.2 Å². The maximum Gasteiger partial charge on any atom is 0.220 e. The number of likely N-dealkylation sites (N-methyl/N-ethyl adjacent to an activating group) is 1. The molecule has 2 rings (SSSR count). The van der Waals surface area contributed by atoms with Gasteiger partial charge >= 0.3 is 0 Å². The van der Waals surface area contributed by atoms with Gasteiger partial charge in [0.2, 0.25) is 5.91 Å². The zero-order chi connectivity index (χ0) is 18.4. The predicted molar refractivity (Wildman–Crippen MR) is 107 cm³/mol. The molecule has 1 heterocycles. The third-order valence-corrected chi connectivity index (χ3v) is 5.87. The van der Waals surface area contributed by atoms with Crippen molar-refractivity contribution in [2.24, 2.45) is 5.92 Å². The zero-order valence-electron chi connectivity index (χ0n) is 16.1. The Balaban J connectivity index is 1.95. The van der Waals surface area contributed by atoms with Crippen LogP contribution in [-0.4, -0.2) is 30.5 Å². The number of thiazole rings is 1. The average molecular weight is 362 g/mol. The van der Waals surface area contributed by atoms with Crippen LogP contribution in [0, 0.1) is 5.92 Å². The number of rotatable bonds is 9. The summed E-state index contributed by atoms with van der Waals surface area (Å²) in [6.07, 6.45) is 2.26. The number of carbonyl (C=O) groups is 1. The molecule has 0 fully saturated rings. The molecule has 0 saturated heterocycles. The van der Waals surface area contributed by atoms with Crippen molar-refractivity contribution in [1.82, 2.24) is 15.6 Å². The Morgan fingerprint density at radius 1 is 1.28 bits per heavy atom. The Morgan fingerprint density at radius 2 is 2.04 bits per heavy atom. The van der Waals surface area contributed by atoms with Crippen molar-refractivity contribution in [3.05, 3.63) is 28.8 Å². The van der Waals surface area contributed by atoms with E-state index in [1.807, 2.05) is 7.05 Å². The third kappa shape index (κ3) is 5.51. The predicted octanol–water partition coefficient (Wildman–Crippen LogP) is 4.10. The van der Waals surface area contributed by atoms with E-state index in [1.54, 1.807) is 11.3 Å². The quantitative estimate of drug-likeness (QED) is 0.707. The smallest absolute Gasteiger partial charge is 0.220 e. The number of nitrogens with zero attached hydrogens (tertiary/aromatic N) is 1. The summed E-state index contributed by atoms with van der Waals surface area (Å²) in [7, 11) is 1.92. The van der Waals surface area contributed by atoms with Gasteiger partial charge in [-0.05, 0) is 36.6 Å². The van der Waals surface area contributed by atoms with E-state index in [0.717, 1.165) is 23.5 Å². The second kappa shape index (κ2) is 9.30. The van der Waals surface area contributed by atoms with Crippen molar-refractivity contribution in [3.63, 3.8) is 0 Å². The van der Waals surface area contributed by atoms with Crippen LogP contribution in [0.1, 0.15) is 57.0 Å². The normalized spacial score (nSPS) is 14.0. The van der Waals surface area contributed by atoms with Gasteiger partial charge in [0.15, 0.2) is 0 Å². The van der Waals surface area contributed by atoms with E-state index >= 15 is 0 Å². The van der Waals surface area contributed by atoms with Crippen LogP contribution in [0.15, 0.2) is 18.2 Å². The first-order valence-corrected chi connectivity index (χ1v) is 10.1. The molecule has 1 aromatic heterocycles. The van der Waals surface area contributed by atoms with Gasteiger partial charge in [-0.2, -0.15) is 0 Å². The first kappa shape index (κ1) is 19.9. The topological polar surface area (TPSA) is 54.0 Å². The molecule has 1 aromatic carbocycles. The molecule has 2 atom stereocenters. The number of amides is 1. The molecule has 2 aromatic rings. The van der Waals surface area contributed by atoms with Crippen molar-refractivity contribution >= 4 is 27.5 Å². The fourth-order valence-corrected chi connectivity index (χ4v) is 3.87. The molecule has 0 aliphatic carbocycles. The van der Waals surface area contributed by atoms with E-state index in [-0.39, 0.29) is 11.9 Å². The zero-order valence-corrected chi connectivity index (χ0v) is 16.9. The molecular formula is C20H31N3OS. The number of hydrogen-bond donors (Lipinski definition) is 2. The van der Waals surface area contributed by atoms with Crippen LogP contribution in [0.4, 0.5) is 0 Å². The summed E-state index contributed by atoms with van der Waals surface area (Å²) >= 11 is 1.71. The van der Waals surface area contributed by atoms with E-state index < -0.39 is 0 Å². The summed E-state index contributed by atoms with van der Waals surface area (Å²) in [6.45, 7) is 9.55. The van der Waals surface area contributed by atoms with Crippen LogP contribution < -0.4 is 10.6 Å². The molecule has 0 aliphatic rings. The van der Waals surface area contributed by atoms with Crippen molar-refractivity contribution < 1.29 is 4.79 Å². The van der Waals surface area contributed by atoms with Gasteiger partial charge < -0.3 is 10.6 Å². The summed E-state index contributed by atoms with van der Waals surface area (Å²) in [6, 6.07) is 6.66. The van der Waals surface area contributed by atoms with Crippen LogP contribution in [0.3, 0.4) is 0 Å². The van der Waals surface area contributed by atoms with E-state index in [4.69, 9.17) is 0 Å². The maximum atomic E-state index is 12.3. The molecule has 2 unspecified atom stereocenters. The first-order chi connectivity index (χ1) is 11.9. The molecule has 0 spiro atoms. The molecule has 138 valence electrons. The molecule has 5 heteroatoms. The molecular weight excluding hydrogens is 330 g/mol. The number of aromatic nitrogens is 1. The maximum absolute atomic E-state index is 12.3. The lowest BCUT2D eigenvalue weighted by molar-refractivity contribution is -0.122. The van der Waals surface area contributed by atoms with E-state index in [0.29, 0.717) is 24.7 Å². The average Bonchev–Trinajstić information content (AvgIpc) is 3.00. The second-order valence-corrected chi connectivity index (χ2v) is 8.22. The Hall–Kier alpha value is -1.46. The fourth-order valence-electron chi connectivity index (χ4n) is 2.85. The van der Waals surface area contributed by atoms with Crippen LogP contribution in [0.5, 0.6) is 0 Å². The van der Waals surface area contributed by atoms with Gasteiger partial charge in [-0.3, -0.25) is 4.79 Å². The highest BCUT2D eigenvalue weighted by atomic mass is 32.1. The third-order valence-electron chi connectivity index (χ3n) is 4.79. The van der Waals surface area contributed by atoms with Gasteiger partial charge in [-0.25, -0.2) is 4.98 Å². The molecule has 2 N–H and O–H groups in total. The van der Waals surface area contributed by atoms with Gasteiger partial charge in [0.1, 0.15) is 0 Å². The first-order valence-electron chi connectivity index (χ1n) is 9.27. The number of benzene rings is 1. The van der Waals surface area contributed by atoms with Gasteiger partial charge in [0, 0.05) is 25.4 Å². The number of aryl methyl sites for hydroxylation is 1. The minimum Gasteiger partial charge on any atom is -0.352 e. The highest BCUT2D eigenvalue weighted by Gasteiger charge is 2.17. The van der Waals surface area contributed by atoms with E-state index in [1.165, 1.54) is 10.3 Å². The molecule has 0 radical (unpaired) electrons. The number of carbonyl (C=O) groups excluding carboxylic acids is 1. The molecule has 0 saturated carbocycles. The van der Waals surface area contributed by atoms with Crippen LogP contribution in [0.25, 0.3) is 10.2 Å². The lowest BCUT2D eigenvalue weighted by atomic mass is 9.99. The molecule has 1 amide bonds. The lowest BCUT2D eigenvalue weighted by Crippen LogP contribution is -2.45. The lowest BCUT2D eigenvalue weighted by Gasteiger charge is -2.24. The Kier molecular flexibility index (Phi) is 7.38. The monoisotopic (exact) mass is 361 g/mol. The van der Waals surface area contributed by atoms with Crippen molar-refractivity contribution in [1.29, 1.82) is 0 Å². The number of nitrogens with one attached hydrogen (secondary N) is 2. The molecule has 4 nitrogen and oxygen atoms in total. The van der Waals surface area contributed by atoms with Gasteiger partial charge in [-0.1, -0.05) is 40.2 Å². The standard InChI is InChI=1S/C20H31N3OS/c1-6-14(4)17(12-21-5)22-19(24)9-10-20-23-16-8-7-15(13(2)3)11-18(16)25-20/h7-8,11,13-14,17,21H,6,9-10,12H2,1-5H3,(H,22,24). The second-order valence-electron chi connectivity index (χ2n) is 7.11. The van der Waals surface area contributed by atoms with Crippen molar-refractivity contribution in [2.75, 3.05) is 13.6 Å². The molecule has 25 heavy (non-hydrogen) atoms. The van der Waals surface area contributed by atoms with Crippen LogP contribution >= 0.6 is 11.3 Å². The largest absolute Gasteiger partial charge is 0.352 e. The van der Waals surface area contributed by atoms with Crippen molar-refractivity contribution in [3.8, 4) is 0 Å². The Morgan fingerprint density at radius 3 is 2.68 bits per heavy atom. The Bertz CT molecular complexity index is 695. The minimum atomic E-state index is 0.114. The summed E-state index contributed by atoms with van der Waals surface area (Å²) in [5, 5.41) is 7.38. The summed E-state index contributed by atoms with van der Waals surface area (Å²) < 4.78 is 1.22. The SMILES string of the molecule is CCC(C)C(CNC)NC(=O)CCc1nc2ccc(C(C)C)cc2s1. The van der Waals surface area contributed by atoms with Gasteiger partial charge in [-0.15, -0.1) is 11.3 Å². The van der Waals surface area contributed by atoms with E-state index in [2.05, 4.69) is 61.5 Å². The summed E-state index contributed by atoms with van der Waals surface area (Å²) in [5.41, 5.74) is 2.38. The fraction of sp³-hybridized carbons (Fsp3) is 0.600. The van der Waals surface area contributed by atoms with Crippen molar-refractivity contribution in [2.45, 2.75) is 58.9 Å². The summed E-state index contributed by atoms with van der Waals surface area (Å²) in [5.74, 6) is 1.10. The number of fused-ring (bicyclic) bond motifs is 1. The van der Waals surface area contributed by atoms with E-state index in [9.17, 15) is 4.79 Å². The van der Waals surface area contributed by atoms with Gasteiger partial charge in [0.25, 0.3) is 0 Å². The molecule has 0 bridgehead atoms. The Labute approximate surface area is 155 Å². The highest BCUT2D eigenvalue weighted by Crippen LogP contribution is 2.26. The highest BCUT2D eigenvalue weighted by molar-refractivity contribution is 7.18. The molecule has 0 aliphatic heterocycles.